The number of hydrogen-bond acceptors (Lipinski definition) is 7. The van der Waals surface area contributed by atoms with Crippen molar-refractivity contribution in [2.45, 2.75) is 13.5 Å². The second kappa shape index (κ2) is 10.0. The molecule has 4 amide bonds. The van der Waals surface area contributed by atoms with Gasteiger partial charge in [0.15, 0.2) is 23.0 Å². The van der Waals surface area contributed by atoms with E-state index < -0.39 is 23.7 Å². The molecule has 9 nitrogen and oxygen atoms in total. The number of amides is 4. The zero-order chi connectivity index (χ0) is 25.9. The molecule has 1 N–H and O–H groups in total. The Morgan fingerprint density at radius 1 is 0.946 bits per heavy atom. The first kappa shape index (κ1) is 23.9. The summed E-state index contributed by atoms with van der Waals surface area (Å²) < 4.78 is 35.7. The predicted octanol–water partition coefficient (Wildman–Crippen LogP) is 4.20. The molecule has 0 saturated carbocycles. The summed E-state index contributed by atoms with van der Waals surface area (Å²) in [7, 11) is 0. The molecule has 37 heavy (non-hydrogen) atoms. The molecule has 0 aromatic heterocycles. The van der Waals surface area contributed by atoms with Crippen molar-refractivity contribution in [3.63, 3.8) is 0 Å². The van der Waals surface area contributed by atoms with Gasteiger partial charge < -0.3 is 18.9 Å². The van der Waals surface area contributed by atoms with Crippen molar-refractivity contribution in [2.75, 3.05) is 18.3 Å². The molecule has 2 aliphatic heterocycles. The summed E-state index contributed by atoms with van der Waals surface area (Å²) in [5.74, 6) is 0.00594. The van der Waals surface area contributed by atoms with Crippen LogP contribution in [0, 0.1) is 5.82 Å². The molecule has 0 unspecified atom stereocenters. The highest BCUT2D eigenvalue weighted by Gasteiger charge is 2.36. The van der Waals surface area contributed by atoms with Gasteiger partial charge in [0.1, 0.15) is 18.0 Å². The van der Waals surface area contributed by atoms with Gasteiger partial charge in [-0.15, -0.1) is 0 Å². The van der Waals surface area contributed by atoms with Crippen LogP contribution in [0.1, 0.15) is 18.1 Å². The van der Waals surface area contributed by atoms with Gasteiger partial charge in [0.05, 0.1) is 12.3 Å². The summed E-state index contributed by atoms with van der Waals surface area (Å²) in [4.78, 5) is 38.7. The Kier molecular flexibility index (Phi) is 6.46. The lowest BCUT2D eigenvalue weighted by molar-refractivity contribution is -0.122. The minimum Gasteiger partial charge on any atom is -0.490 e. The zero-order valence-electron chi connectivity index (χ0n) is 19.7. The highest BCUT2D eigenvalue weighted by atomic mass is 19.1. The maximum Gasteiger partial charge on any atom is 0.335 e. The summed E-state index contributed by atoms with van der Waals surface area (Å²) >= 11 is 0. The van der Waals surface area contributed by atoms with Crippen LogP contribution in [0.4, 0.5) is 14.9 Å². The van der Waals surface area contributed by atoms with Crippen molar-refractivity contribution in [1.82, 2.24) is 5.32 Å². The fraction of sp³-hybridized carbons (Fsp3) is 0.148. The number of imide groups is 2. The highest BCUT2D eigenvalue weighted by Crippen LogP contribution is 2.34. The molecule has 1 fully saturated rings. The van der Waals surface area contributed by atoms with Gasteiger partial charge >= 0.3 is 6.03 Å². The number of benzene rings is 3. The number of nitrogens with zero attached hydrogens (tertiary/aromatic N) is 1. The molecule has 3 aromatic rings. The van der Waals surface area contributed by atoms with Gasteiger partial charge in [0.25, 0.3) is 11.8 Å². The maximum absolute atomic E-state index is 13.3. The summed E-state index contributed by atoms with van der Waals surface area (Å²) in [6.45, 7) is 2.60. The number of halogens is 1. The van der Waals surface area contributed by atoms with Crippen LogP contribution in [0.3, 0.4) is 0 Å². The van der Waals surface area contributed by atoms with E-state index in [4.69, 9.17) is 18.9 Å². The second-order valence-corrected chi connectivity index (χ2v) is 8.05. The Morgan fingerprint density at radius 3 is 2.51 bits per heavy atom. The van der Waals surface area contributed by atoms with Gasteiger partial charge in [-0.25, -0.2) is 14.1 Å². The fourth-order valence-electron chi connectivity index (χ4n) is 3.84. The van der Waals surface area contributed by atoms with Crippen molar-refractivity contribution >= 4 is 29.6 Å². The highest BCUT2D eigenvalue weighted by molar-refractivity contribution is 6.39. The predicted molar refractivity (Wildman–Crippen MR) is 130 cm³/mol. The second-order valence-electron chi connectivity index (χ2n) is 8.05. The van der Waals surface area contributed by atoms with Crippen molar-refractivity contribution in [3.8, 4) is 23.0 Å². The molecule has 0 aliphatic carbocycles. The number of nitrogens with one attached hydrogen (secondary N) is 1. The van der Waals surface area contributed by atoms with E-state index in [1.807, 2.05) is 25.1 Å². The third-order valence-corrected chi connectivity index (χ3v) is 5.60. The SMILES string of the molecule is CCOc1cc(/C=C2\C(=O)NC(=O)N(c3ccc(F)cc3)C2=O)ccc1OCc1ccc2c(c1)OCO2. The lowest BCUT2D eigenvalue weighted by atomic mass is 10.1. The van der Waals surface area contributed by atoms with E-state index in [1.54, 1.807) is 18.2 Å². The van der Waals surface area contributed by atoms with Gasteiger partial charge in [0, 0.05) is 0 Å². The van der Waals surface area contributed by atoms with Crippen LogP contribution >= 0.6 is 0 Å². The lowest BCUT2D eigenvalue weighted by Gasteiger charge is -2.26. The molecule has 1 saturated heterocycles. The largest absolute Gasteiger partial charge is 0.490 e. The van der Waals surface area contributed by atoms with Gasteiger partial charge in [-0.2, -0.15) is 0 Å². The van der Waals surface area contributed by atoms with E-state index in [9.17, 15) is 18.8 Å². The molecule has 10 heteroatoms. The van der Waals surface area contributed by atoms with Crippen LogP contribution in [0.15, 0.2) is 66.2 Å². The molecule has 0 spiro atoms. The van der Waals surface area contributed by atoms with E-state index in [0.717, 1.165) is 22.6 Å². The fourth-order valence-corrected chi connectivity index (χ4v) is 3.84. The summed E-state index contributed by atoms with van der Waals surface area (Å²) in [5, 5.41) is 2.14. The first-order valence-corrected chi connectivity index (χ1v) is 11.4. The first-order valence-electron chi connectivity index (χ1n) is 11.4. The Bertz CT molecular complexity index is 1420. The van der Waals surface area contributed by atoms with Crippen molar-refractivity contribution in [2.24, 2.45) is 0 Å². The summed E-state index contributed by atoms with van der Waals surface area (Å²) in [6.07, 6.45) is 1.35. The number of rotatable bonds is 7. The monoisotopic (exact) mass is 504 g/mol. The standard InChI is InChI=1S/C27H21FN2O7/c1-2-34-23-12-16(3-9-21(23)35-14-17-4-10-22-24(13-17)37-15-36-22)11-20-25(31)29-27(33)30(26(20)32)19-7-5-18(28)6-8-19/h3-13H,2,14-15H2,1H3,(H,29,31,33)/b20-11+. The van der Waals surface area contributed by atoms with Crippen molar-refractivity contribution < 1.29 is 37.7 Å². The van der Waals surface area contributed by atoms with Crippen LogP contribution in [0.2, 0.25) is 0 Å². The van der Waals surface area contributed by atoms with Crippen LogP contribution in [-0.2, 0) is 16.2 Å². The van der Waals surface area contributed by atoms with Crippen LogP contribution in [-0.4, -0.2) is 31.2 Å². The molecular formula is C27H21FN2O7. The van der Waals surface area contributed by atoms with E-state index >= 15 is 0 Å². The molecule has 0 bridgehead atoms. The average Bonchev–Trinajstić information content (AvgIpc) is 3.35. The van der Waals surface area contributed by atoms with E-state index in [1.165, 1.54) is 18.2 Å². The average molecular weight is 504 g/mol. The number of carbonyl (C=O) groups is 3. The van der Waals surface area contributed by atoms with Gasteiger partial charge in [0.2, 0.25) is 6.79 Å². The van der Waals surface area contributed by atoms with Crippen molar-refractivity contribution in [3.05, 3.63) is 83.2 Å². The third kappa shape index (κ3) is 4.94. The minimum absolute atomic E-state index is 0.129. The van der Waals surface area contributed by atoms with Gasteiger partial charge in [-0.3, -0.25) is 14.9 Å². The molecule has 3 aromatic carbocycles. The Balaban J connectivity index is 1.38. The lowest BCUT2D eigenvalue weighted by Crippen LogP contribution is -2.54. The van der Waals surface area contributed by atoms with Crippen LogP contribution < -0.4 is 29.2 Å². The van der Waals surface area contributed by atoms with E-state index in [2.05, 4.69) is 5.32 Å². The number of urea groups is 1. The number of barbiturate groups is 1. The minimum atomic E-state index is -0.916. The van der Waals surface area contributed by atoms with Crippen molar-refractivity contribution in [1.29, 1.82) is 0 Å². The molecule has 5 rings (SSSR count). The molecule has 0 radical (unpaired) electrons. The zero-order valence-corrected chi connectivity index (χ0v) is 19.7. The Hall–Kier alpha value is -4.86. The molecular weight excluding hydrogens is 483 g/mol. The summed E-state index contributed by atoms with van der Waals surface area (Å²) in [5.41, 5.74) is 1.21. The van der Waals surface area contributed by atoms with Crippen LogP contribution in [0.25, 0.3) is 6.08 Å². The molecule has 2 aliphatic rings. The van der Waals surface area contributed by atoms with Gasteiger partial charge in [-0.1, -0.05) is 12.1 Å². The Labute approximate surface area is 211 Å². The number of hydrogen-bond donors (Lipinski definition) is 1. The first-order chi connectivity index (χ1) is 17.9. The maximum atomic E-state index is 13.3. The Morgan fingerprint density at radius 2 is 1.73 bits per heavy atom. The van der Waals surface area contributed by atoms with Crippen LogP contribution in [0.5, 0.6) is 23.0 Å². The van der Waals surface area contributed by atoms with Gasteiger partial charge in [-0.05, 0) is 72.7 Å². The smallest absolute Gasteiger partial charge is 0.335 e. The number of carbonyl (C=O) groups excluding carboxylic acids is 3. The van der Waals surface area contributed by atoms with E-state index in [-0.39, 0.29) is 24.7 Å². The quantitative estimate of drug-likeness (QED) is 0.380. The summed E-state index contributed by atoms with van der Waals surface area (Å²) in [6, 6.07) is 14.3. The normalized spacial score (nSPS) is 15.7. The number of ether oxygens (including phenoxy) is 4. The topological polar surface area (TPSA) is 103 Å². The van der Waals surface area contributed by atoms with E-state index in [0.29, 0.717) is 35.2 Å². The number of fused-ring (bicyclic) bond motifs is 1. The third-order valence-electron chi connectivity index (χ3n) is 5.60. The molecule has 0 atom stereocenters. The molecule has 2 heterocycles. The molecule has 188 valence electrons. The number of anilines is 1.